The van der Waals surface area contributed by atoms with E-state index in [1.54, 1.807) is 48.5 Å². The van der Waals surface area contributed by atoms with Crippen LogP contribution in [0.3, 0.4) is 0 Å². The second-order valence-corrected chi connectivity index (χ2v) is 8.40. The van der Waals surface area contributed by atoms with Crippen molar-refractivity contribution >= 4 is 23.7 Å². The monoisotopic (exact) mass is 546 g/mol. The normalized spacial score (nSPS) is 10.2. The summed E-state index contributed by atoms with van der Waals surface area (Å²) in [6.45, 7) is 7.72. The summed E-state index contributed by atoms with van der Waals surface area (Å²) in [6, 6.07) is 17.0. The highest BCUT2D eigenvalue weighted by atomic mass is 16.5. The van der Waals surface area contributed by atoms with Gasteiger partial charge in [-0.1, -0.05) is 6.58 Å². The molecule has 3 aromatic rings. The molecule has 0 bridgehead atoms. The number of ether oxygens (including phenoxy) is 5. The number of carbonyl (C=O) groups excluding carboxylic acids is 4. The van der Waals surface area contributed by atoms with E-state index in [4.69, 9.17) is 23.7 Å². The van der Waals surface area contributed by atoms with Crippen LogP contribution in [0.2, 0.25) is 0 Å². The molecule has 3 aromatic carbocycles. The molecule has 0 aliphatic rings. The fourth-order valence-electron chi connectivity index (χ4n) is 3.43. The van der Waals surface area contributed by atoms with Crippen molar-refractivity contribution in [2.45, 2.75) is 26.7 Å². The molecule has 0 saturated heterocycles. The van der Waals surface area contributed by atoms with Crippen LogP contribution >= 0.6 is 0 Å². The Labute approximate surface area is 232 Å². The predicted molar refractivity (Wildman–Crippen MR) is 146 cm³/mol. The number of hydrogen-bond donors (Lipinski definition) is 0. The first-order chi connectivity index (χ1) is 19.3. The molecule has 0 N–H and O–H groups in total. The Morgan fingerprint density at radius 2 is 1.27 bits per heavy atom. The van der Waals surface area contributed by atoms with Gasteiger partial charge in [0.1, 0.15) is 23.0 Å². The van der Waals surface area contributed by atoms with E-state index in [0.717, 1.165) is 6.08 Å². The van der Waals surface area contributed by atoms with Crippen LogP contribution in [0.15, 0.2) is 79.4 Å². The molecule has 9 heteroatoms. The zero-order valence-corrected chi connectivity index (χ0v) is 22.3. The lowest BCUT2D eigenvalue weighted by atomic mass is 10.1. The zero-order valence-electron chi connectivity index (χ0n) is 22.3. The van der Waals surface area contributed by atoms with Crippen molar-refractivity contribution < 1.29 is 42.9 Å². The van der Waals surface area contributed by atoms with Gasteiger partial charge in [-0.2, -0.15) is 0 Å². The maximum atomic E-state index is 12.7. The topological polar surface area (TPSA) is 114 Å². The number of hydrogen-bond acceptors (Lipinski definition) is 9. The SMILES string of the molecule is C=CC(=O)OCCCCOc1ccc(C(=O)Oc2ccc(OC(=O)c3ccc(OCC)cc3)cc2C(C)=O)cc1. The molecule has 0 unspecified atom stereocenters. The lowest BCUT2D eigenvalue weighted by molar-refractivity contribution is -0.137. The molecule has 0 amide bonds. The van der Waals surface area contributed by atoms with Gasteiger partial charge in [-0.05, 0) is 93.4 Å². The van der Waals surface area contributed by atoms with Gasteiger partial charge in [0.2, 0.25) is 0 Å². The fraction of sp³-hybridized carbons (Fsp3) is 0.226. The molecular formula is C31H30O9. The average Bonchev–Trinajstić information content (AvgIpc) is 2.96. The van der Waals surface area contributed by atoms with E-state index in [1.165, 1.54) is 25.1 Å². The number of Topliss-reactive ketones (excluding diaryl/α,β-unsaturated/α-hetero) is 1. The Balaban J connectivity index is 1.57. The lowest BCUT2D eigenvalue weighted by Crippen LogP contribution is -2.12. The van der Waals surface area contributed by atoms with E-state index >= 15 is 0 Å². The Morgan fingerprint density at radius 1 is 0.725 bits per heavy atom. The van der Waals surface area contributed by atoms with Crippen LogP contribution < -0.4 is 18.9 Å². The second kappa shape index (κ2) is 14.9. The Bertz CT molecular complexity index is 1340. The van der Waals surface area contributed by atoms with E-state index in [9.17, 15) is 19.2 Å². The molecule has 0 fully saturated rings. The van der Waals surface area contributed by atoms with E-state index in [2.05, 4.69) is 6.58 Å². The average molecular weight is 547 g/mol. The van der Waals surface area contributed by atoms with E-state index < -0.39 is 17.9 Å². The molecule has 0 aromatic heterocycles. The van der Waals surface area contributed by atoms with Crippen molar-refractivity contribution in [1.29, 1.82) is 0 Å². The van der Waals surface area contributed by atoms with Crippen LogP contribution in [0, 0.1) is 0 Å². The number of benzene rings is 3. The molecule has 3 rings (SSSR count). The van der Waals surface area contributed by atoms with Gasteiger partial charge in [0.15, 0.2) is 5.78 Å². The number of unbranched alkanes of at least 4 members (excludes halogenated alkanes) is 1. The summed E-state index contributed by atoms with van der Waals surface area (Å²) < 4.78 is 26.8. The maximum absolute atomic E-state index is 12.7. The van der Waals surface area contributed by atoms with Crippen LogP contribution in [0.4, 0.5) is 0 Å². The van der Waals surface area contributed by atoms with Crippen LogP contribution in [0.1, 0.15) is 57.8 Å². The largest absolute Gasteiger partial charge is 0.494 e. The van der Waals surface area contributed by atoms with Crippen LogP contribution in [0.5, 0.6) is 23.0 Å². The van der Waals surface area contributed by atoms with Gasteiger partial charge in [0.25, 0.3) is 0 Å². The maximum Gasteiger partial charge on any atom is 0.343 e. The van der Waals surface area contributed by atoms with Gasteiger partial charge < -0.3 is 23.7 Å². The first kappa shape index (κ1) is 29.6. The van der Waals surface area contributed by atoms with Gasteiger partial charge in [0, 0.05) is 6.08 Å². The first-order valence-corrected chi connectivity index (χ1v) is 12.6. The predicted octanol–water partition coefficient (Wildman–Crippen LogP) is 5.61. The first-order valence-electron chi connectivity index (χ1n) is 12.6. The lowest BCUT2D eigenvalue weighted by Gasteiger charge is -2.11. The van der Waals surface area contributed by atoms with Crippen molar-refractivity contribution in [3.63, 3.8) is 0 Å². The van der Waals surface area contributed by atoms with E-state index in [1.807, 2.05) is 6.92 Å². The molecule has 40 heavy (non-hydrogen) atoms. The van der Waals surface area contributed by atoms with Crippen molar-refractivity contribution in [2.24, 2.45) is 0 Å². The number of rotatable bonds is 14. The summed E-state index contributed by atoms with van der Waals surface area (Å²) in [4.78, 5) is 48.5. The summed E-state index contributed by atoms with van der Waals surface area (Å²) >= 11 is 0. The molecule has 208 valence electrons. The Hall–Kier alpha value is -4.92. The standard InChI is InChI=1S/C31H30O9/c1-4-29(33)38-19-7-6-18-37-25-14-10-23(11-15-25)31(35)40-28-17-16-26(20-27(28)21(3)32)39-30(34)22-8-12-24(13-9-22)36-5-2/h4,8-17,20H,1,5-7,18-19H2,2-3H3. The molecule has 0 heterocycles. The quantitative estimate of drug-likeness (QED) is 0.0836. The Morgan fingerprint density at radius 3 is 1.85 bits per heavy atom. The molecule has 0 atom stereocenters. The Kier molecular flexibility index (Phi) is 11.0. The molecule has 0 spiro atoms. The highest BCUT2D eigenvalue weighted by Crippen LogP contribution is 2.27. The minimum Gasteiger partial charge on any atom is -0.494 e. The van der Waals surface area contributed by atoms with Gasteiger partial charge in [0.05, 0.1) is 36.5 Å². The molecular weight excluding hydrogens is 516 g/mol. The summed E-state index contributed by atoms with van der Waals surface area (Å²) in [5.74, 6) is -0.754. The number of ketones is 1. The van der Waals surface area contributed by atoms with Gasteiger partial charge in [-0.3, -0.25) is 4.79 Å². The third kappa shape index (κ3) is 8.83. The summed E-state index contributed by atoms with van der Waals surface area (Å²) in [5, 5.41) is 0. The highest BCUT2D eigenvalue weighted by Gasteiger charge is 2.17. The number of carbonyl (C=O) groups is 4. The van der Waals surface area contributed by atoms with Crippen molar-refractivity contribution in [1.82, 2.24) is 0 Å². The molecule has 0 saturated carbocycles. The van der Waals surface area contributed by atoms with Gasteiger partial charge in [-0.15, -0.1) is 0 Å². The second-order valence-electron chi connectivity index (χ2n) is 8.40. The van der Waals surface area contributed by atoms with Crippen LogP contribution in [-0.4, -0.2) is 43.5 Å². The summed E-state index contributed by atoms with van der Waals surface area (Å²) in [6.07, 6.45) is 2.43. The fourth-order valence-corrected chi connectivity index (χ4v) is 3.43. The number of esters is 3. The summed E-state index contributed by atoms with van der Waals surface area (Å²) in [5.41, 5.74) is 0.651. The van der Waals surface area contributed by atoms with E-state index in [0.29, 0.717) is 43.1 Å². The molecule has 0 aliphatic carbocycles. The smallest absolute Gasteiger partial charge is 0.343 e. The van der Waals surface area contributed by atoms with Gasteiger partial charge >= 0.3 is 17.9 Å². The minimum absolute atomic E-state index is 0.0378. The van der Waals surface area contributed by atoms with Crippen LogP contribution in [-0.2, 0) is 9.53 Å². The highest BCUT2D eigenvalue weighted by molar-refractivity contribution is 6.00. The minimum atomic E-state index is -0.669. The van der Waals surface area contributed by atoms with Crippen molar-refractivity contribution in [3.05, 3.63) is 96.1 Å². The van der Waals surface area contributed by atoms with E-state index in [-0.39, 0.29) is 35.0 Å². The van der Waals surface area contributed by atoms with Gasteiger partial charge in [-0.25, -0.2) is 14.4 Å². The zero-order chi connectivity index (χ0) is 28.9. The van der Waals surface area contributed by atoms with Crippen molar-refractivity contribution in [3.8, 4) is 23.0 Å². The molecule has 0 aliphatic heterocycles. The third-order valence-corrected chi connectivity index (χ3v) is 5.45. The molecule has 9 nitrogen and oxygen atoms in total. The summed E-state index contributed by atoms with van der Waals surface area (Å²) in [7, 11) is 0. The molecule has 0 radical (unpaired) electrons. The van der Waals surface area contributed by atoms with Crippen molar-refractivity contribution in [2.75, 3.05) is 19.8 Å². The third-order valence-electron chi connectivity index (χ3n) is 5.45. The van der Waals surface area contributed by atoms with Crippen LogP contribution in [0.25, 0.3) is 0 Å².